The predicted octanol–water partition coefficient (Wildman–Crippen LogP) is 3.33. The highest BCUT2D eigenvalue weighted by molar-refractivity contribution is 7.09. The number of anilines is 1. The van der Waals surface area contributed by atoms with Gasteiger partial charge < -0.3 is 20.1 Å². The van der Waals surface area contributed by atoms with Crippen molar-refractivity contribution in [2.45, 2.75) is 19.6 Å². The van der Waals surface area contributed by atoms with Gasteiger partial charge in [-0.2, -0.15) is 0 Å². The summed E-state index contributed by atoms with van der Waals surface area (Å²) in [6.45, 7) is 1.11. The van der Waals surface area contributed by atoms with Crippen molar-refractivity contribution in [3.05, 3.63) is 85.9 Å². The second-order valence-corrected chi connectivity index (χ2v) is 8.10. The molecule has 178 valence electrons. The van der Waals surface area contributed by atoms with Crippen LogP contribution in [0.5, 0.6) is 0 Å². The quantitative estimate of drug-likeness (QED) is 0.173. The number of non-ortho nitro benzene ring substituents is 1. The lowest BCUT2D eigenvalue weighted by molar-refractivity contribution is -0.384. The van der Waals surface area contributed by atoms with E-state index < -0.39 is 10.9 Å². The Hall–Kier alpha value is -3.83. The Morgan fingerprint density at radius 2 is 1.97 bits per heavy atom. The summed E-state index contributed by atoms with van der Waals surface area (Å²) in [7, 11) is 1.54. The number of methoxy groups -OCH3 is 1. The molecule has 1 aromatic heterocycles. The highest BCUT2D eigenvalue weighted by atomic mass is 32.1. The number of esters is 1. The zero-order chi connectivity index (χ0) is 24.3. The van der Waals surface area contributed by atoms with Crippen molar-refractivity contribution < 1.29 is 24.0 Å². The minimum Gasteiger partial charge on any atom is -0.455 e. The van der Waals surface area contributed by atoms with E-state index in [1.807, 2.05) is 30.3 Å². The number of amides is 1. The van der Waals surface area contributed by atoms with Crippen molar-refractivity contribution in [3.63, 3.8) is 0 Å². The summed E-state index contributed by atoms with van der Waals surface area (Å²) in [5.41, 5.74) is 1.72. The fourth-order valence-electron chi connectivity index (χ4n) is 2.97. The van der Waals surface area contributed by atoms with E-state index in [1.54, 1.807) is 12.5 Å². The maximum absolute atomic E-state index is 12.6. The van der Waals surface area contributed by atoms with Crippen LogP contribution in [-0.2, 0) is 33.8 Å². The molecule has 0 aliphatic carbocycles. The third-order valence-electron chi connectivity index (χ3n) is 4.65. The Morgan fingerprint density at radius 3 is 2.71 bits per heavy atom. The standard InChI is InChI=1S/C23H24N4O6S/c1-32-10-9-24-20-8-7-18(27(30)31)11-19(20)23(29)33-14-17-15-34-22(26-17)12-21(28)25-13-16-5-3-2-4-6-16/h2-8,11,15,24H,9-10,12-14H2,1H3,(H,25,28). The van der Waals surface area contributed by atoms with Gasteiger partial charge in [-0.25, -0.2) is 9.78 Å². The predicted molar refractivity (Wildman–Crippen MR) is 127 cm³/mol. The number of hydrogen-bond donors (Lipinski definition) is 2. The lowest BCUT2D eigenvalue weighted by atomic mass is 10.1. The number of aromatic nitrogens is 1. The van der Waals surface area contributed by atoms with Gasteiger partial charge in [-0.05, 0) is 11.6 Å². The van der Waals surface area contributed by atoms with Crippen molar-refractivity contribution in [1.29, 1.82) is 0 Å². The molecule has 2 N–H and O–H groups in total. The molecule has 0 spiro atoms. The summed E-state index contributed by atoms with van der Waals surface area (Å²) in [5, 5.41) is 19.3. The van der Waals surface area contributed by atoms with Gasteiger partial charge >= 0.3 is 5.97 Å². The van der Waals surface area contributed by atoms with E-state index in [1.165, 1.54) is 29.5 Å². The van der Waals surface area contributed by atoms with E-state index in [9.17, 15) is 19.7 Å². The summed E-state index contributed by atoms with van der Waals surface area (Å²) in [6.07, 6.45) is 0.115. The SMILES string of the molecule is COCCNc1ccc([N+](=O)[O-])cc1C(=O)OCc1csc(CC(=O)NCc2ccccc2)n1. The van der Waals surface area contributed by atoms with Crippen LogP contribution in [-0.4, -0.2) is 42.0 Å². The van der Waals surface area contributed by atoms with Crippen LogP contribution in [0.1, 0.15) is 26.6 Å². The summed E-state index contributed by atoms with van der Waals surface area (Å²) in [6, 6.07) is 13.5. The van der Waals surface area contributed by atoms with Gasteiger partial charge in [0.2, 0.25) is 5.91 Å². The number of nitrogens with zero attached hydrogens (tertiary/aromatic N) is 2. The minimum absolute atomic E-state index is 0.0426. The number of ether oxygens (including phenoxy) is 2. The first-order valence-corrected chi connectivity index (χ1v) is 11.3. The summed E-state index contributed by atoms with van der Waals surface area (Å²) in [4.78, 5) is 39.7. The van der Waals surface area contributed by atoms with Gasteiger partial charge in [0.1, 0.15) is 11.6 Å². The highest BCUT2D eigenvalue weighted by Gasteiger charge is 2.19. The number of carbonyl (C=O) groups is 2. The molecule has 3 aromatic rings. The number of rotatable bonds is 12. The van der Waals surface area contributed by atoms with Gasteiger partial charge in [0.25, 0.3) is 5.69 Å². The van der Waals surface area contributed by atoms with Crippen LogP contribution in [0.4, 0.5) is 11.4 Å². The monoisotopic (exact) mass is 484 g/mol. The molecule has 1 amide bonds. The Morgan fingerprint density at radius 1 is 1.18 bits per heavy atom. The van der Waals surface area contributed by atoms with Crippen molar-refractivity contribution in [3.8, 4) is 0 Å². The van der Waals surface area contributed by atoms with Crippen LogP contribution in [0, 0.1) is 10.1 Å². The van der Waals surface area contributed by atoms with E-state index >= 15 is 0 Å². The third-order valence-corrected chi connectivity index (χ3v) is 5.55. The first-order valence-electron chi connectivity index (χ1n) is 10.4. The van der Waals surface area contributed by atoms with Crippen LogP contribution in [0.25, 0.3) is 0 Å². The lowest BCUT2D eigenvalue weighted by Crippen LogP contribution is -2.24. The van der Waals surface area contributed by atoms with Gasteiger partial charge in [0.05, 0.1) is 29.2 Å². The topological polar surface area (TPSA) is 133 Å². The smallest absolute Gasteiger partial charge is 0.340 e. The van der Waals surface area contributed by atoms with Crippen LogP contribution < -0.4 is 10.6 Å². The van der Waals surface area contributed by atoms with Crippen LogP contribution in [0.3, 0.4) is 0 Å². The molecule has 34 heavy (non-hydrogen) atoms. The van der Waals surface area contributed by atoms with Crippen LogP contribution >= 0.6 is 11.3 Å². The normalized spacial score (nSPS) is 10.5. The molecule has 10 nitrogen and oxygen atoms in total. The Kier molecular flexibility index (Phi) is 9.06. The summed E-state index contributed by atoms with van der Waals surface area (Å²) in [5.74, 6) is -0.885. The number of nitrogens with one attached hydrogen (secondary N) is 2. The number of benzene rings is 2. The maximum atomic E-state index is 12.6. The molecule has 0 bridgehead atoms. The van der Waals surface area contributed by atoms with E-state index in [0.717, 1.165) is 5.56 Å². The average molecular weight is 485 g/mol. The number of nitro groups is 1. The average Bonchev–Trinajstić information content (AvgIpc) is 3.29. The molecule has 0 aliphatic heterocycles. The molecule has 0 fully saturated rings. The molecule has 0 saturated carbocycles. The maximum Gasteiger partial charge on any atom is 0.340 e. The number of carbonyl (C=O) groups excluding carboxylic acids is 2. The summed E-state index contributed by atoms with van der Waals surface area (Å²) >= 11 is 1.29. The van der Waals surface area contributed by atoms with Crippen LogP contribution in [0.15, 0.2) is 53.9 Å². The Balaban J connectivity index is 1.56. The van der Waals surface area contributed by atoms with Gasteiger partial charge in [-0.1, -0.05) is 30.3 Å². The van der Waals surface area contributed by atoms with E-state index in [2.05, 4.69) is 15.6 Å². The number of hydrogen-bond acceptors (Lipinski definition) is 9. The third kappa shape index (κ3) is 7.36. The largest absolute Gasteiger partial charge is 0.455 e. The number of nitro benzene ring substituents is 1. The molecule has 11 heteroatoms. The second kappa shape index (κ2) is 12.4. The second-order valence-electron chi connectivity index (χ2n) is 7.15. The lowest BCUT2D eigenvalue weighted by Gasteiger charge is -2.11. The van der Waals surface area contributed by atoms with Crippen molar-refractivity contribution >= 4 is 34.6 Å². The molecule has 0 unspecified atom stereocenters. The minimum atomic E-state index is -0.723. The van der Waals surface area contributed by atoms with Gasteiger partial charge in [0.15, 0.2) is 0 Å². The molecular weight excluding hydrogens is 460 g/mol. The zero-order valence-corrected chi connectivity index (χ0v) is 19.3. The molecule has 0 saturated heterocycles. The van der Waals surface area contributed by atoms with Gasteiger partial charge in [-0.15, -0.1) is 11.3 Å². The number of thiazole rings is 1. The molecule has 0 atom stereocenters. The van der Waals surface area contributed by atoms with E-state index in [-0.39, 0.29) is 30.2 Å². The molecule has 0 aliphatic rings. The fraction of sp³-hybridized carbons (Fsp3) is 0.261. The zero-order valence-electron chi connectivity index (χ0n) is 18.5. The van der Waals surface area contributed by atoms with Crippen molar-refractivity contribution in [2.75, 3.05) is 25.6 Å². The molecular formula is C23H24N4O6S. The molecule has 1 heterocycles. The highest BCUT2D eigenvalue weighted by Crippen LogP contribution is 2.23. The van der Waals surface area contributed by atoms with Crippen molar-refractivity contribution in [1.82, 2.24) is 10.3 Å². The molecule has 3 rings (SSSR count). The van der Waals surface area contributed by atoms with Crippen LogP contribution in [0.2, 0.25) is 0 Å². The van der Waals surface area contributed by atoms with Gasteiger partial charge in [-0.3, -0.25) is 14.9 Å². The van der Waals surface area contributed by atoms with E-state index in [0.29, 0.717) is 36.1 Å². The first kappa shape index (κ1) is 24.8. The Bertz CT molecular complexity index is 1140. The van der Waals surface area contributed by atoms with Crippen molar-refractivity contribution in [2.24, 2.45) is 0 Å². The molecule has 2 aromatic carbocycles. The van der Waals surface area contributed by atoms with E-state index in [4.69, 9.17) is 9.47 Å². The Labute approximate surface area is 200 Å². The summed E-state index contributed by atoms with van der Waals surface area (Å²) < 4.78 is 10.3. The van der Waals surface area contributed by atoms with Gasteiger partial charge in [0, 0.05) is 43.4 Å². The fourth-order valence-corrected chi connectivity index (χ4v) is 3.74. The first-order chi connectivity index (χ1) is 16.5. The molecule has 0 radical (unpaired) electrons.